The lowest BCUT2D eigenvalue weighted by Crippen LogP contribution is -2.34. The maximum absolute atomic E-state index is 10.9. The first-order valence-corrected chi connectivity index (χ1v) is 6.07. The topological polar surface area (TPSA) is 71.3 Å². The number of carbonyl (C=O) groups is 1. The Labute approximate surface area is 113 Å². The molecule has 1 aromatic carbocycles. The largest absolute Gasteiger partial charge is 0.468 e. The molecule has 0 saturated carbocycles. The van der Waals surface area contributed by atoms with Crippen LogP contribution in [0.15, 0.2) is 30.3 Å². The number of methoxy groups -OCH3 is 1. The van der Waals surface area contributed by atoms with Crippen LogP contribution in [0, 0.1) is 11.3 Å². The zero-order valence-corrected chi connectivity index (χ0v) is 11.0. The van der Waals surface area contributed by atoms with Gasteiger partial charge in [0.2, 0.25) is 0 Å². The maximum Gasteiger partial charge on any atom is 0.319 e. The summed E-state index contributed by atoms with van der Waals surface area (Å²) >= 11 is 0. The highest BCUT2D eigenvalue weighted by Gasteiger charge is 2.09. The summed E-state index contributed by atoms with van der Waals surface area (Å²) in [4.78, 5) is 10.9. The molecule has 1 unspecified atom stereocenters. The van der Waals surface area contributed by atoms with E-state index < -0.39 is 6.04 Å². The van der Waals surface area contributed by atoms with Gasteiger partial charge < -0.3 is 9.47 Å². The summed E-state index contributed by atoms with van der Waals surface area (Å²) in [5, 5.41) is 11.7. The Morgan fingerprint density at radius 2 is 2.16 bits per heavy atom. The highest BCUT2D eigenvalue weighted by molar-refractivity contribution is 5.71. The standard InChI is InChI=1S/C14H18N2O3/c1-18-14(17)10-16-13(9-15)7-8-19-11-12-5-3-2-4-6-12/h2-6,13,16H,7-8,10-11H2,1H3. The molecular weight excluding hydrogens is 244 g/mol. The van der Waals surface area contributed by atoms with Crippen molar-refractivity contribution < 1.29 is 14.3 Å². The molecule has 5 nitrogen and oxygen atoms in total. The van der Waals surface area contributed by atoms with E-state index in [-0.39, 0.29) is 12.5 Å². The number of nitrogens with one attached hydrogen (secondary N) is 1. The molecule has 1 atom stereocenters. The Morgan fingerprint density at radius 3 is 2.79 bits per heavy atom. The predicted octanol–water partition coefficient (Wildman–Crippen LogP) is 1.25. The number of carbonyl (C=O) groups excluding carboxylic acids is 1. The number of hydrogen-bond acceptors (Lipinski definition) is 5. The molecule has 1 N–H and O–H groups in total. The SMILES string of the molecule is COC(=O)CNC(C#N)CCOCc1ccccc1. The van der Waals surface area contributed by atoms with E-state index in [9.17, 15) is 4.79 Å². The quantitative estimate of drug-likeness (QED) is 0.564. The molecule has 1 aromatic rings. The summed E-state index contributed by atoms with van der Waals surface area (Å²) < 4.78 is 9.96. The lowest BCUT2D eigenvalue weighted by molar-refractivity contribution is -0.139. The first-order chi connectivity index (χ1) is 9.26. The third-order valence-electron chi connectivity index (χ3n) is 2.54. The second kappa shape index (κ2) is 9.09. The average molecular weight is 262 g/mol. The molecular formula is C14H18N2O3. The monoisotopic (exact) mass is 262 g/mol. The summed E-state index contributed by atoms with van der Waals surface area (Å²) in [6.07, 6.45) is 0.528. The van der Waals surface area contributed by atoms with Crippen molar-refractivity contribution in [2.24, 2.45) is 0 Å². The Hall–Kier alpha value is -1.90. The molecule has 0 aliphatic rings. The van der Waals surface area contributed by atoms with Gasteiger partial charge >= 0.3 is 5.97 Å². The number of nitrogens with zero attached hydrogens (tertiary/aromatic N) is 1. The van der Waals surface area contributed by atoms with Crippen molar-refractivity contribution in [1.29, 1.82) is 5.26 Å². The molecule has 0 aromatic heterocycles. The van der Waals surface area contributed by atoms with Crippen molar-refractivity contribution in [2.75, 3.05) is 20.3 Å². The van der Waals surface area contributed by atoms with Gasteiger partial charge in [-0.2, -0.15) is 5.26 Å². The molecule has 0 heterocycles. The molecule has 0 fully saturated rings. The molecule has 19 heavy (non-hydrogen) atoms. The molecule has 0 bridgehead atoms. The molecule has 0 aliphatic carbocycles. The van der Waals surface area contributed by atoms with E-state index in [1.54, 1.807) is 0 Å². The number of ether oxygens (including phenoxy) is 2. The van der Waals surface area contributed by atoms with Crippen molar-refractivity contribution in [1.82, 2.24) is 5.32 Å². The van der Waals surface area contributed by atoms with Gasteiger partial charge in [0.05, 0.1) is 32.4 Å². The predicted molar refractivity (Wildman–Crippen MR) is 70.1 cm³/mol. The fraction of sp³-hybridized carbons (Fsp3) is 0.429. The van der Waals surface area contributed by atoms with Gasteiger partial charge in [-0.05, 0) is 12.0 Å². The Morgan fingerprint density at radius 1 is 1.42 bits per heavy atom. The zero-order valence-electron chi connectivity index (χ0n) is 11.0. The highest BCUT2D eigenvalue weighted by atomic mass is 16.5. The van der Waals surface area contributed by atoms with Crippen LogP contribution >= 0.6 is 0 Å². The van der Waals surface area contributed by atoms with E-state index in [0.29, 0.717) is 19.6 Å². The summed E-state index contributed by atoms with van der Waals surface area (Å²) in [6.45, 7) is 1.02. The minimum Gasteiger partial charge on any atom is -0.468 e. The lowest BCUT2D eigenvalue weighted by Gasteiger charge is -2.10. The van der Waals surface area contributed by atoms with Crippen molar-refractivity contribution >= 4 is 5.97 Å². The van der Waals surface area contributed by atoms with Crippen molar-refractivity contribution in [3.8, 4) is 6.07 Å². The van der Waals surface area contributed by atoms with Gasteiger partial charge in [-0.3, -0.25) is 10.1 Å². The van der Waals surface area contributed by atoms with Crippen LogP contribution in [-0.2, 0) is 20.9 Å². The number of hydrogen-bond donors (Lipinski definition) is 1. The Balaban J connectivity index is 2.16. The van der Waals surface area contributed by atoms with Gasteiger partial charge in [0.25, 0.3) is 0 Å². The van der Waals surface area contributed by atoms with Gasteiger partial charge in [-0.15, -0.1) is 0 Å². The van der Waals surface area contributed by atoms with E-state index in [1.807, 2.05) is 30.3 Å². The third-order valence-corrected chi connectivity index (χ3v) is 2.54. The summed E-state index contributed by atoms with van der Waals surface area (Å²) in [5.74, 6) is -0.384. The van der Waals surface area contributed by atoms with E-state index in [1.165, 1.54) is 7.11 Å². The Kier molecular flexibility index (Phi) is 7.25. The van der Waals surface area contributed by atoms with Crippen LogP contribution in [0.4, 0.5) is 0 Å². The second-order valence-electron chi connectivity index (χ2n) is 3.97. The molecule has 1 rings (SSSR count). The van der Waals surface area contributed by atoms with Gasteiger partial charge in [0, 0.05) is 6.61 Å². The summed E-state index contributed by atoms with van der Waals surface area (Å²) in [5.41, 5.74) is 1.10. The van der Waals surface area contributed by atoms with Crippen molar-refractivity contribution in [3.63, 3.8) is 0 Å². The highest BCUT2D eigenvalue weighted by Crippen LogP contribution is 2.01. The van der Waals surface area contributed by atoms with Crippen LogP contribution < -0.4 is 5.32 Å². The van der Waals surface area contributed by atoms with Crippen LogP contribution in [0.5, 0.6) is 0 Å². The molecule has 0 radical (unpaired) electrons. The Bertz CT molecular complexity index is 414. The van der Waals surface area contributed by atoms with E-state index in [0.717, 1.165) is 5.56 Å². The van der Waals surface area contributed by atoms with Crippen LogP contribution in [0.25, 0.3) is 0 Å². The van der Waals surface area contributed by atoms with Crippen LogP contribution in [-0.4, -0.2) is 32.3 Å². The minimum absolute atomic E-state index is 0.0351. The molecule has 5 heteroatoms. The smallest absolute Gasteiger partial charge is 0.319 e. The maximum atomic E-state index is 10.9. The van der Waals surface area contributed by atoms with E-state index in [2.05, 4.69) is 16.1 Å². The third kappa shape index (κ3) is 6.55. The molecule has 0 spiro atoms. The zero-order chi connectivity index (χ0) is 13.9. The molecule has 102 valence electrons. The number of rotatable bonds is 8. The average Bonchev–Trinajstić information content (AvgIpc) is 2.47. The molecule has 0 saturated heterocycles. The number of nitriles is 1. The second-order valence-corrected chi connectivity index (χ2v) is 3.97. The van der Waals surface area contributed by atoms with Crippen molar-refractivity contribution in [3.05, 3.63) is 35.9 Å². The van der Waals surface area contributed by atoms with E-state index in [4.69, 9.17) is 10.00 Å². The van der Waals surface area contributed by atoms with Gasteiger partial charge in [0.15, 0.2) is 0 Å². The van der Waals surface area contributed by atoms with Crippen LogP contribution in [0.1, 0.15) is 12.0 Å². The fourth-order valence-electron chi connectivity index (χ4n) is 1.46. The van der Waals surface area contributed by atoms with Crippen LogP contribution in [0.2, 0.25) is 0 Å². The minimum atomic E-state index is -0.408. The normalized spacial score (nSPS) is 11.6. The van der Waals surface area contributed by atoms with Crippen molar-refractivity contribution in [2.45, 2.75) is 19.1 Å². The van der Waals surface area contributed by atoms with Crippen LogP contribution in [0.3, 0.4) is 0 Å². The lowest BCUT2D eigenvalue weighted by atomic mass is 10.2. The number of benzene rings is 1. The van der Waals surface area contributed by atoms with Gasteiger partial charge in [0.1, 0.15) is 0 Å². The summed E-state index contributed by atoms with van der Waals surface area (Å²) in [7, 11) is 1.31. The molecule has 0 aliphatic heterocycles. The molecule has 0 amide bonds. The van der Waals surface area contributed by atoms with Gasteiger partial charge in [-0.1, -0.05) is 30.3 Å². The van der Waals surface area contributed by atoms with E-state index >= 15 is 0 Å². The fourth-order valence-corrected chi connectivity index (χ4v) is 1.46. The first-order valence-electron chi connectivity index (χ1n) is 6.07. The van der Waals surface area contributed by atoms with Gasteiger partial charge in [-0.25, -0.2) is 0 Å². The summed E-state index contributed by atoms with van der Waals surface area (Å²) in [6, 6.07) is 11.5. The first kappa shape index (κ1) is 15.2. The number of esters is 1.